The number of carbonyl (C=O) groups is 1. The summed E-state index contributed by atoms with van der Waals surface area (Å²) in [5, 5.41) is 86.8. The summed E-state index contributed by atoms with van der Waals surface area (Å²) in [6, 6.07) is -0.908. The lowest BCUT2D eigenvalue weighted by Gasteiger charge is -2.43. The minimum Gasteiger partial charge on any atom is -0.394 e. The molecule has 0 aromatic heterocycles. The number of aliphatic hydroxyl groups is 8. The fraction of sp³-hybridized carbons (Fsp3) is 0.944. The van der Waals surface area contributed by atoms with E-state index in [2.05, 4.69) is 19.2 Å². The Kier molecular flexibility index (Phi) is 38.1. The van der Waals surface area contributed by atoms with Crippen LogP contribution in [-0.4, -0.2) is 140 Å². The van der Waals surface area contributed by atoms with Gasteiger partial charge in [0, 0.05) is 6.42 Å². The van der Waals surface area contributed by atoms with Gasteiger partial charge in [-0.15, -0.1) is 0 Å². The van der Waals surface area contributed by atoms with E-state index in [4.69, 9.17) is 18.9 Å². The summed E-state index contributed by atoms with van der Waals surface area (Å²) in [5.41, 5.74) is 0. The van der Waals surface area contributed by atoms with Crippen molar-refractivity contribution < 1.29 is 64.6 Å². The van der Waals surface area contributed by atoms with Gasteiger partial charge in [0.15, 0.2) is 12.6 Å². The highest BCUT2D eigenvalue weighted by Crippen LogP contribution is 2.27. The number of amides is 1. The largest absolute Gasteiger partial charge is 0.394 e. The first kappa shape index (κ1) is 62.8. The Labute approximate surface area is 412 Å². The van der Waals surface area contributed by atoms with Crippen molar-refractivity contribution in [2.75, 3.05) is 19.8 Å². The summed E-state index contributed by atoms with van der Waals surface area (Å²) in [4.78, 5) is 13.2. The van der Waals surface area contributed by atoms with Crippen LogP contribution < -0.4 is 5.32 Å². The molecular weight excluding hydrogens is 871 g/mol. The lowest BCUT2D eigenvalue weighted by atomic mass is 9.98. The van der Waals surface area contributed by atoms with E-state index >= 15 is 0 Å². The number of allylic oxidation sites excluding steroid dienone is 1. The lowest BCUT2D eigenvalue weighted by molar-refractivity contribution is -0.329. The molecule has 2 unspecified atom stereocenters. The van der Waals surface area contributed by atoms with E-state index in [0.29, 0.717) is 0 Å². The van der Waals surface area contributed by atoms with Crippen molar-refractivity contribution in [3.8, 4) is 0 Å². The van der Waals surface area contributed by atoms with Crippen molar-refractivity contribution >= 4 is 5.91 Å². The maximum absolute atomic E-state index is 13.2. The standard InChI is InChI=1S/C54H103NO13/c1-3-5-7-9-11-13-15-17-18-19-20-21-22-23-24-26-28-30-32-34-36-38-46(58)55-42(43(57)37-35-33-31-29-27-25-16-14-12-10-8-6-4-2)40-65-52-50(62)48(60)45(67-53(52)64)41-66-54-51(63)49(61)47(59)44(39-56)68-54/h35,37,42-45,47-54,56-57,59-64H,3-34,36,38-41H2,1-2H3,(H,55,58)/b37-35+/t42?,43?,44-,45-,47+,48+,49+,50+,51-,52-,53+,54+/m1/s1. The molecule has 68 heavy (non-hydrogen) atoms. The Balaban J connectivity index is 1.74. The molecule has 0 spiro atoms. The zero-order valence-corrected chi connectivity index (χ0v) is 42.9. The Morgan fingerprint density at radius 3 is 1.41 bits per heavy atom. The van der Waals surface area contributed by atoms with E-state index in [0.717, 1.165) is 44.9 Å². The predicted molar refractivity (Wildman–Crippen MR) is 268 cm³/mol. The zero-order valence-electron chi connectivity index (χ0n) is 42.9. The first-order chi connectivity index (χ1) is 33.0. The second-order valence-corrected chi connectivity index (χ2v) is 20.1. The van der Waals surface area contributed by atoms with Crippen molar-refractivity contribution in [3.05, 3.63) is 12.2 Å². The summed E-state index contributed by atoms with van der Waals surface area (Å²) in [7, 11) is 0. The van der Waals surface area contributed by atoms with Crippen molar-refractivity contribution in [2.24, 2.45) is 0 Å². The van der Waals surface area contributed by atoms with Gasteiger partial charge in [-0.2, -0.15) is 0 Å². The molecule has 0 aromatic carbocycles. The van der Waals surface area contributed by atoms with Gasteiger partial charge in [0.05, 0.1) is 32.0 Å². The SMILES string of the molecule is CCCCCCCCCCCCC/C=C/C(O)C(CO[C@@H]1[C@@H](O)[C@@H](O)[C@@H](CO[C@H]2O[C@H](CO)[C@H](O)[C@H](O)[C@H]2O)O[C@@H]1O)NC(=O)CCCCCCCCCCCCCCCCCCCCCCC. The molecule has 12 atom stereocenters. The summed E-state index contributed by atoms with van der Waals surface area (Å²) in [6.45, 7) is 3.05. The van der Waals surface area contributed by atoms with Gasteiger partial charge in [0.1, 0.15) is 48.8 Å². The van der Waals surface area contributed by atoms with Gasteiger partial charge < -0.3 is 65.1 Å². The quantitative estimate of drug-likeness (QED) is 0.0207. The van der Waals surface area contributed by atoms with Gasteiger partial charge in [0.2, 0.25) is 5.91 Å². The molecule has 14 nitrogen and oxygen atoms in total. The normalized spacial score (nSPS) is 26.4. The molecule has 0 saturated carbocycles. The highest BCUT2D eigenvalue weighted by Gasteiger charge is 2.48. The minimum absolute atomic E-state index is 0.236. The van der Waals surface area contributed by atoms with E-state index in [-0.39, 0.29) is 18.9 Å². The summed E-state index contributed by atoms with van der Waals surface area (Å²) >= 11 is 0. The number of carbonyl (C=O) groups excluding carboxylic acids is 1. The topological polar surface area (TPSA) is 228 Å². The minimum atomic E-state index is -1.75. The van der Waals surface area contributed by atoms with E-state index in [1.54, 1.807) is 6.08 Å². The Hall–Kier alpha value is -1.27. The molecule has 2 heterocycles. The molecule has 1 amide bonds. The van der Waals surface area contributed by atoms with Crippen LogP contribution in [0.5, 0.6) is 0 Å². The van der Waals surface area contributed by atoms with Crippen molar-refractivity contribution in [1.29, 1.82) is 0 Å². The third kappa shape index (κ3) is 28.1. The average Bonchev–Trinajstić information content (AvgIpc) is 3.33. The number of rotatable bonds is 44. The second kappa shape index (κ2) is 41.2. The molecule has 2 aliphatic rings. The van der Waals surface area contributed by atoms with E-state index < -0.39 is 86.8 Å². The number of nitrogens with one attached hydrogen (secondary N) is 1. The smallest absolute Gasteiger partial charge is 0.220 e. The Bertz CT molecular complexity index is 1200. The van der Waals surface area contributed by atoms with Crippen LogP contribution >= 0.6 is 0 Å². The Morgan fingerprint density at radius 2 is 0.956 bits per heavy atom. The van der Waals surface area contributed by atoms with Gasteiger partial charge in [-0.3, -0.25) is 4.79 Å². The maximum Gasteiger partial charge on any atom is 0.220 e. The van der Waals surface area contributed by atoms with Crippen molar-refractivity contribution in [1.82, 2.24) is 5.32 Å². The van der Waals surface area contributed by atoms with Gasteiger partial charge in [-0.05, 0) is 19.3 Å². The monoisotopic (exact) mass is 974 g/mol. The molecule has 2 rings (SSSR count). The third-order valence-corrected chi connectivity index (χ3v) is 14.0. The van der Waals surface area contributed by atoms with E-state index in [1.165, 1.54) is 167 Å². The van der Waals surface area contributed by atoms with Crippen LogP contribution in [0.15, 0.2) is 12.2 Å². The molecule has 402 valence electrons. The zero-order chi connectivity index (χ0) is 49.6. The molecule has 0 aromatic rings. The number of aliphatic hydroxyl groups excluding tert-OH is 8. The second-order valence-electron chi connectivity index (χ2n) is 20.1. The average molecular weight is 974 g/mol. The van der Waals surface area contributed by atoms with Crippen LogP contribution in [0.4, 0.5) is 0 Å². The fourth-order valence-corrected chi connectivity index (χ4v) is 9.37. The van der Waals surface area contributed by atoms with Crippen LogP contribution in [0, 0.1) is 0 Å². The molecule has 2 aliphatic heterocycles. The van der Waals surface area contributed by atoms with Crippen LogP contribution in [0.25, 0.3) is 0 Å². The number of hydrogen-bond acceptors (Lipinski definition) is 13. The number of ether oxygens (including phenoxy) is 4. The first-order valence-electron chi connectivity index (χ1n) is 27.9. The molecular formula is C54H103NO13. The van der Waals surface area contributed by atoms with Crippen molar-refractivity contribution in [2.45, 2.75) is 306 Å². The number of hydrogen-bond donors (Lipinski definition) is 9. The molecule has 0 bridgehead atoms. The molecule has 14 heteroatoms. The fourth-order valence-electron chi connectivity index (χ4n) is 9.37. The lowest BCUT2D eigenvalue weighted by Crippen LogP contribution is -2.62. The summed E-state index contributed by atoms with van der Waals surface area (Å²) in [6.07, 6.45) is 28.6. The molecule has 0 aliphatic carbocycles. The predicted octanol–water partition coefficient (Wildman–Crippen LogP) is 8.33. The summed E-state index contributed by atoms with van der Waals surface area (Å²) < 4.78 is 22.2. The molecule has 2 saturated heterocycles. The van der Waals surface area contributed by atoms with Crippen LogP contribution in [0.3, 0.4) is 0 Å². The van der Waals surface area contributed by atoms with Gasteiger partial charge >= 0.3 is 0 Å². The highest BCUT2D eigenvalue weighted by atomic mass is 16.7. The van der Waals surface area contributed by atoms with Crippen LogP contribution in [0.2, 0.25) is 0 Å². The van der Waals surface area contributed by atoms with Crippen LogP contribution in [0.1, 0.15) is 232 Å². The third-order valence-electron chi connectivity index (χ3n) is 14.0. The molecule has 2 fully saturated rings. The van der Waals surface area contributed by atoms with Gasteiger partial charge in [-0.25, -0.2) is 0 Å². The maximum atomic E-state index is 13.2. The van der Waals surface area contributed by atoms with Gasteiger partial charge in [-0.1, -0.05) is 219 Å². The number of unbranched alkanes of at least 4 members (excludes halogenated alkanes) is 31. The summed E-state index contributed by atoms with van der Waals surface area (Å²) in [5.74, 6) is -0.236. The van der Waals surface area contributed by atoms with Gasteiger partial charge in [0.25, 0.3) is 0 Å². The van der Waals surface area contributed by atoms with Crippen molar-refractivity contribution in [3.63, 3.8) is 0 Å². The van der Waals surface area contributed by atoms with E-state index in [9.17, 15) is 45.6 Å². The Morgan fingerprint density at radius 1 is 0.529 bits per heavy atom. The highest BCUT2D eigenvalue weighted by molar-refractivity contribution is 5.76. The van der Waals surface area contributed by atoms with E-state index in [1.807, 2.05) is 6.08 Å². The molecule has 9 N–H and O–H groups in total. The molecule has 0 radical (unpaired) electrons. The van der Waals surface area contributed by atoms with Crippen LogP contribution in [-0.2, 0) is 23.7 Å². The first-order valence-corrected chi connectivity index (χ1v) is 27.9.